The number of anilines is 1. The van der Waals surface area contributed by atoms with Crippen LogP contribution in [0.25, 0.3) is 0 Å². The van der Waals surface area contributed by atoms with Crippen molar-refractivity contribution in [3.05, 3.63) is 65.7 Å². The van der Waals surface area contributed by atoms with Gasteiger partial charge in [0, 0.05) is 11.7 Å². The average Bonchev–Trinajstić information content (AvgIpc) is 2.55. The van der Waals surface area contributed by atoms with E-state index in [0.29, 0.717) is 17.8 Å². The van der Waals surface area contributed by atoms with Crippen LogP contribution in [0.1, 0.15) is 24.1 Å². The molecule has 4 nitrogen and oxygen atoms in total. The Balaban J connectivity index is 1.92. The Bertz CT molecular complexity index is 659. The Hall–Kier alpha value is -2.64. The van der Waals surface area contributed by atoms with Gasteiger partial charge in [-0.2, -0.15) is 5.26 Å². The van der Waals surface area contributed by atoms with Gasteiger partial charge < -0.3 is 5.32 Å². The number of carbonyl (C=O) groups is 1. The van der Waals surface area contributed by atoms with Gasteiger partial charge in [-0.3, -0.25) is 9.69 Å². The van der Waals surface area contributed by atoms with Gasteiger partial charge >= 0.3 is 0 Å². The molecule has 1 atom stereocenters. The van der Waals surface area contributed by atoms with Crippen LogP contribution in [0.2, 0.25) is 0 Å². The van der Waals surface area contributed by atoms with E-state index < -0.39 is 0 Å². The van der Waals surface area contributed by atoms with Crippen molar-refractivity contribution < 1.29 is 4.79 Å². The first kappa shape index (κ1) is 15.7. The summed E-state index contributed by atoms with van der Waals surface area (Å²) in [5.74, 6) is -0.0741. The van der Waals surface area contributed by atoms with Crippen LogP contribution in [0.3, 0.4) is 0 Å². The van der Waals surface area contributed by atoms with Crippen LogP contribution in [0.4, 0.5) is 5.69 Å². The summed E-state index contributed by atoms with van der Waals surface area (Å²) < 4.78 is 0. The lowest BCUT2D eigenvalue weighted by Crippen LogP contribution is -2.32. The highest BCUT2D eigenvalue weighted by atomic mass is 16.2. The van der Waals surface area contributed by atoms with Gasteiger partial charge in [0.2, 0.25) is 5.91 Å². The molecule has 0 heterocycles. The molecule has 1 amide bonds. The van der Waals surface area contributed by atoms with Crippen molar-refractivity contribution in [2.24, 2.45) is 0 Å². The number of nitrogens with zero attached hydrogens (tertiary/aromatic N) is 2. The summed E-state index contributed by atoms with van der Waals surface area (Å²) in [7, 11) is 1.93. The third-order valence-corrected chi connectivity index (χ3v) is 3.63. The van der Waals surface area contributed by atoms with Gasteiger partial charge in [0.05, 0.1) is 18.2 Å². The van der Waals surface area contributed by atoms with Crippen LogP contribution in [0.15, 0.2) is 54.6 Å². The topological polar surface area (TPSA) is 56.1 Å². The third-order valence-electron chi connectivity index (χ3n) is 3.63. The van der Waals surface area contributed by atoms with E-state index in [1.54, 1.807) is 24.3 Å². The van der Waals surface area contributed by atoms with Crippen molar-refractivity contribution in [1.82, 2.24) is 4.90 Å². The summed E-state index contributed by atoms with van der Waals surface area (Å²) >= 11 is 0. The molecule has 0 saturated carbocycles. The maximum atomic E-state index is 12.1. The SMILES string of the molecule is C[C@H](c1ccccc1)N(C)CC(=O)Nc1ccc(C#N)cc1. The quantitative estimate of drug-likeness (QED) is 0.921. The molecule has 4 heteroatoms. The highest BCUT2D eigenvalue weighted by molar-refractivity contribution is 5.92. The van der Waals surface area contributed by atoms with E-state index in [4.69, 9.17) is 5.26 Å². The van der Waals surface area contributed by atoms with Crippen molar-refractivity contribution >= 4 is 11.6 Å². The lowest BCUT2D eigenvalue weighted by Gasteiger charge is -2.24. The highest BCUT2D eigenvalue weighted by Gasteiger charge is 2.14. The minimum absolute atomic E-state index is 0.0741. The number of carbonyl (C=O) groups excluding carboxylic acids is 1. The lowest BCUT2D eigenvalue weighted by molar-refractivity contribution is -0.117. The summed E-state index contributed by atoms with van der Waals surface area (Å²) in [6.45, 7) is 2.38. The molecule has 0 radical (unpaired) electrons. The zero-order valence-corrected chi connectivity index (χ0v) is 12.8. The molecule has 0 saturated heterocycles. The molecule has 0 fully saturated rings. The summed E-state index contributed by atoms with van der Waals surface area (Å²) in [6, 6.07) is 19.1. The Morgan fingerprint density at radius 3 is 2.41 bits per heavy atom. The van der Waals surface area contributed by atoms with Crippen LogP contribution in [-0.2, 0) is 4.79 Å². The molecule has 22 heavy (non-hydrogen) atoms. The molecule has 2 aromatic carbocycles. The fourth-order valence-electron chi connectivity index (χ4n) is 2.18. The average molecular weight is 293 g/mol. The van der Waals surface area contributed by atoms with E-state index in [2.05, 4.69) is 30.4 Å². The predicted molar refractivity (Wildman–Crippen MR) is 87.3 cm³/mol. The number of hydrogen-bond donors (Lipinski definition) is 1. The molecule has 0 aliphatic heterocycles. The van der Waals surface area contributed by atoms with Crippen LogP contribution in [-0.4, -0.2) is 24.4 Å². The highest BCUT2D eigenvalue weighted by Crippen LogP contribution is 2.18. The van der Waals surface area contributed by atoms with E-state index in [1.165, 1.54) is 5.56 Å². The lowest BCUT2D eigenvalue weighted by atomic mass is 10.1. The van der Waals surface area contributed by atoms with E-state index in [0.717, 1.165) is 0 Å². The molecule has 0 unspecified atom stereocenters. The van der Waals surface area contributed by atoms with Crippen LogP contribution in [0.5, 0.6) is 0 Å². The fourth-order valence-corrected chi connectivity index (χ4v) is 2.18. The van der Waals surface area contributed by atoms with Gasteiger partial charge in [-0.05, 0) is 43.8 Å². The zero-order chi connectivity index (χ0) is 15.9. The Labute approximate surface area is 131 Å². The van der Waals surface area contributed by atoms with Crippen LogP contribution >= 0.6 is 0 Å². The standard InChI is InChI=1S/C18H19N3O/c1-14(16-6-4-3-5-7-16)21(2)13-18(22)20-17-10-8-15(12-19)9-11-17/h3-11,14H,13H2,1-2H3,(H,20,22)/t14-/m1/s1. The Morgan fingerprint density at radius 2 is 1.82 bits per heavy atom. The first-order valence-corrected chi connectivity index (χ1v) is 7.15. The number of nitrogens with one attached hydrogen (secondary N) is 1. The molecular weight excluding hydrogens is 274 g/mol. The maximum absolute atomic E-state index is 12.1. The number of nitriles is 1. The molecule has 0 bridgehead atoms. The monoisotopic (exact) mass is 293 g/mol. The second kappa shape index (κ2) is 7.39. The Kier molecular flexibility index (Phi) is 5.29. The smallest absolute Gasteiger partial charge is 0.238 e. The summed E-state index contributed by atoms with van der Waals surface area (Å²) in [6.07, 6.45) is 0. The Morgan fingerprint density at radius 1 is 1.18 bits per heavy atom. The molecule has 2 aromatic rings. The first-order chi connectivity index (χ1) is 10.6. The molecule has 0 spiro atoms. The molecular formula is C18H19N3O. The summed E-state index contributed by atoms with van der Waals surface area (Å²) in [5, 5.41) is 11.6. The van der Waals surface area contributed by atoms with Gasteiger partial charge in [-0.25, -0.2) is 0 Å². The van der Waals surface area contributed by atoms with Crippen molar-refractivity contribution in [3.8, 4) is 6.07 Å². The molecule has 0 aromatic heterocycles. The van der Waals surface area contributed by atoms with Gasteiger partial charge in [0.15, 0.2) is 0 Å². The normalized spacial score (nSPS) is 11.7. The van der Waals surface area contributed by atoms with Gasteiger partial charge in [-0.1, -0.05) is 30.3 Å². The van der Waals surface area contributed by atoms with Crippen LogP contribution in [0, 0.1) is 11.3 Å². The first-order valence-electron chi connectivity index (χ1n) is 7.15. The second-order valence-corrected chi connectivity index (χ2v) is 5.24. The molecule has 0 aliphatic rings. The van der Waals surface area contributed by atoms with E-state index in [9.17, 15) is 4.79 Å². The largest absolute Gasteiger partial charge is 0.325 e. The molecule has 112 valence electrons. The van der Waals surface area contributed by atoms with Crippen molar-refractivity contribution in [3.63, 3.8) is 0 Å². The van der Waals surface area contributed by atoms with E-state index in [-0.39, 0.29) is 11.9 Å². The minimum Gasteiger partial charge on any atom is -0.325 e. The zero-order valence-electron chi connectivity index (χ0n) is 12.8. The van der Waals surface area contributed by atoms with Crippen molar-refractivity contribution in [1.29, 1.82) is 5.26 Å². The number of rotatable bonds is 5. The number of hydrogen-bond acceptors (Lipinski definition) is 3. The third kappa shape index (κ3) is 4.18. The summed E-state index contributed by atoms with van der Waals surface area (Å²) in [4.78, 5) is 14.1. The molecule has 1 N–H and O–H groups in total. The number of likely N-dealkylation sites (N-methyl/N-ethyl adjacent to an activating group) is 1. The van der Waals surface area contributed by atoms with Crippen LogP contribution < -0.4 is 5.32 Å². The van der Waals surface area contributed by atoms with E-state index in [1.807, 2.05) is 30.1 Å². The predicted octanol–water partition coefficient (Wildman–Crippen LogP) is 3.19. The van der Waals surface area contributed by atoms with Gasteiger partial charge in [0.1, 0.15) is 0 Å². The van der Waals surface area contributed by atoms with Crippen molar-refractivity contribution in [2.45, 2.75) is 13.0 Å². The van der Waals surface area contributed by atoms with Gasteiger partial charge in [-0.15, -0.1) is 0 Å². The van der Waals surface area contributed by atoms with E-state index >= 15 is 0 Å². The molecule has 0 aliphatic carbocycles. The fraction of sp³-hybridized carbons (Fsp3) is 0.222. The van der Waals surface area contributed by atoms with Gasteiger partial charge in [0.25, 0.3) is 0 Å². The second-order valence-electron chi connectivity index (χ2n) is 5.24. The van der Waals surface area contributed by atoms with Crippen molar-refractivity contribution in [2.75, 3.05) is 18.9 Å². The molecule has 2 rings (SSSR count). The number of amides is 1. The maximum Gasteiger partial charge on any atom is 0.238 e. The number of benzene rings is 2. The summed E-state index contributed by atoms with van der Waals surface area (Å²) in [5.41, 5.74) is 2.45. The minimum atomic E-state index is -0.0741.